The third-order valence-corrected chi connectivity index (χ3v) is 1.78. The number of benzene rings is 1. The van der Waals surface area contributed by atoms with Gasteiger partial charge >= 0.3 is 0 Å². The average Bonchev–Trinajstić information content (AvgIpc) is 2.18. The van der Waals surface area contributed by atoms with Crippen molar-refractivity contribution >= 4 is 5.78 Å². The second kappa shape index (κ2) is 5.52. The summed E-state index contributed by atoms with van der Waals surface area (Å²) in [7, 11) is 0. The molecule has 3 nitrogen and oxygen atoms in total. The highest BCUT2D eigenvalue weighted by atomic mass is 16.5. The lowest BCUT2D eigenvalue weighted by Crippen LogP contribution is -2.03. The molecule has 0 spiro atoms. The van der Waals surface area contributed by atoms with E-state index in [1.165, 1.54) is 6.92 Å². The van der Waals surface area contributed by atoms with E-state index in [1.54, 1.807) is 0 Å². The number of ether oxygens (including phenoxy) is 1. The van der Waals surface area contributed by atoms with Crippen LogP contribution in [0.1, 0.15) is 18.1 Å². The predicted octanol–water partition coefficient (Wildman–Crippen LogP) is 1.28. The van der Waals surface area contributed by atoms with Gasteiger partial charge in [-0.2, -0.15) is 0 Å². The van der Waals surface area contributed by atoms with Crippen LogP contribution in [0.25, 0.3) is 0 Å². The Morgan fingerprint density at radius 3 is 2.36 bits per heavy atom. The Morgan fingerprint density at radius 2 is 1.86 bits per heavy atom. The first-order valence-electron chi connectivity index (χ1n) is 4.48. The molecule has 14 heavy (non-hydrogen) atoms. The molecule has 0 aliphatic rings. The number of aliphatic hydroxyl groups is 1. The van der Waals surface area contributed by atoms with Gasteiger partial charge in [-0.15, -0.1) is 0 Å². The highest BCUT2D eigenvalue weighted by molar-refractivity contribution is 5.76. The van der Waals surface area contributed by atoms with Crippen LogP contribution in [-0.2, 0) is 22.7 Å². The van der Waals surface area contributed by atoms with Crippen LogP contribution in [0.3, 0.4) is 0 Å². The monoisotopic (exact) mass is 194 g/mol. The van der Waals surface area contributed by atoms with Gasteiger partial charge in [0.2, 0.25) is 0 Å². The number of hydrogen-bond donors (Lipinski definition) is 1. The highest BCUT2D eigenvalue weighted by Gasteiger charge is 1.96. The Labute approximate surface area is 83.3 Å². The fourth-order valence-corrected chi connectivity index (χ4v) is 1.05. The second-order valence-corrected chi connectivity index (χ2v) is 3.17. The van der Waals surface area contributed by atoms with Crippen molar-refractivity contribution in [3.63, 3.8) is 0 Å². The first kappa shape index (κ1) is 10.9. The van der Waals surface area contributed by atoms with Crippen molar-refractivity contribution in [1.82, 2.24) is 0 Å². The molecule has 0 fully saturated rings. The number of aliphatic hydroxyl groups excluding tert-OH is 1. The lowest BCUT2D eigenvalue weighted by molar-refractivity contribution is -0.121. The van der Waals surface area contributed by atoms with Crippen LogP contribution < -0.4 is 0 Å². The zero-order valence-corrected chi connectivity index (χ0v) is 8.19. The molecule has 0 amide bonds. The van der Waals surface area contributed by atoms with E-state index in [0.29, 0.717) is 6.61 Å². The molecule has 0 unspecified atom stereocenters. The van der Waals surface area contributed by atoms with E-state index in [-0.39, 0.29) is 19.0 Å². The van der Waals surface area contributed by atoms with Crippen LogP contribution in [0, 0.1) is 0 Å². The maximum atomic E-state index is 10.6. The van der Waals surface area contributed by atoms with Crippen molar-refractivity contribution in [2.24, 2.45) is 0 Å². The smallest absolute Gasteiger partial charge is 0.155 e. The molecule has 0 aliphatic heterocycles. The molecular weight excluding hydrogens is 180 g/mol. The van der Waals surface area contributed by atoms with Gasteiger partial charge in [0, 0.05) is 0 Å². The Hall–Kier alpha value is -1.19. The van der Waals surface area contributed by atoms with Gasteiger partial charge in [0.05, 0.1) is 13.2 Å². The van der Waals surface area contributed by atoms with E-state index >= 15 is 0 Å². The van der Waals surface area contributed by atoms with Crippen molar-refractivity contribution < 1.29 is 14.6 Å². The van der Waals surface area contributed by atoms with Crippen molar-refractivity contribution in [3.8, 4) is 0 Å². The summed E-state index contributed by atoms with van der Waals surface area (Å²) in [6.45, 7) is 2.14. The largest absolute Gasteiger partial charge is 0.392 e. The second-order valence-electron chi connectivity index (χ2n) is 3.17. The van der Waals surface area contributed by atoms with Gasteiger partial charge in [-0.25, -0.2) is 0 Å². The van der Waals surface area contributed by atoms with Gasteiger partial charge in [-0.05, 0) is 18.1 Å². The summed E-state index contributed by atoms with van der Waals surface area (Å²) < 4.78 is 5.14. The van der Waals surface area contributed by atoms with Gasteiger partial charge in [0.15, 0.2) is 5.78 Å². The maximum Gasteiger partial charge on any atom is 0.155 e. The SMILES string of the molecule is CC(=O)COCc1ccc(CO)cc1. The Bertz CT molecular complexity index is 290. The van der Waals surface area contributed by atoms with Crippen molar-refractivity contribution in [1.29, 1.82) is 0 Å². The Morgan fingerprint density at radius 1 is 1.29 bits per heavy atom. The molecule has 0 aromatic heterocycles. The highest BCUT2D eigenvalue weighted by Crippen LogP contribution is 2.05. The van der Waals surface area contributed by atoms with Gasteiger partial charge in [-0.3, -0.25) is 4.79 Å². The molecule has 3 heteroatoms. The molecule has 0 saturated carbocycles. The fourth-order valence-electron chi connectivity index (χ4n) is 1.05. The van der Waals surface area contributed by atoms with Crippen LogP contribution in [0.2, 0.25) is 0 Å². The van der Waals surface area contributed by atoms with Gasteiger partial charge in [0.1, 0.15) is 6.61 Å². The van der Waals surface area contributed by atoms with E-state index in [1.807, 2.05) is 24.3 Å². The number of hydrogen-bond acceptors (Lipinski definition) is 3. The normalized spacial score (nSPS) is 10.1. The van der Waals surface area contributed by atoms with E-state index in [2.05, 4.69) is 0 Å². The van der Waals surface area contributed by atoms with Gasteiger partial charge < -0.3 is 9.84 Å². The minimum Gasteiger partial charge on any atom is -0.392 e. The molecule has 0 atom stereocenters. The van der Waals surface area contributed by atoms with Crippen LogP contribution >= 0.6 is 0 Å². The minimum absolute atomic E-state index is 0.0250. The van der Waals surface area contributed by atoms with E-state index in [9.17, 15) is 4.79 Å². The lowest BCUT2D eigenvalue weighted by Gasteiger charge is -2.02. The number of ketones is 1. The molecule has 1 rings (SSSR count). The van der Waals surface area contributed by atoms with E-state index in [0.717, 1.165) is 11.1 Å². The number of rotatable bonds is 5. The van der Waals surface area contributed by atoms with Crippen molar-refractivity contribution in [2.75, 3.05) is 6.61 Å². The van der Waals surface area contributed by atoms with E-state index in [4.69, 9.17) is 9.84 Å². The summed E-state index contributed by atoms with van der Waals surface area (Å²) in [5.41, 5.74) is 1.88. The molecule has 0 bridgehead atoms. The van der Waals surface area contributed by atoms with Crippen molar-refractivity contribution in [2.45, 2.75) is 20.1 Å². The standard InChI is InChI=1S/C11H14O3/c1-9(13)7-14-8-11-4-2-10(6-12)3-5-11/h2-5,12H,6-8H2,1H3. The average molecular weight is 194 g/mol. The summed E-state index contributed by atoms with van der Waals surface area (Å²) >= 11 is 0. The molecule has 0 saturated heterocycles. The molecule has 0 heterocycles. The Kier molecular flexibility index (Phi) is 4.29. The van der Waals surface area contributed by atoms with Crippen LogP contribution in [0.5, 0.6) is 0 Å². The van der Waals surface area contributed by atoms with E-state index < -0.39 is 0 Å². The van der Waals surface area contributed by atoms with Gasteiger partial charge in [0.25, 0.3) is 0 Å². The molecule has 1 aromatic rings. The zero-order chi connectivity index (χ0) is 10.4. The summed E-state index contributed by atoms with van der Waals surface area (Å²) in [6, 6.07) is 7.44. The number of carbonyl (C=O) groups is 1. The van der Waals surface area contributed by atoms with Crippen LogP contribution in [0.4, 0.5) is 0 Å². The molecular formula is C11H14O3. The number of carbonyl (C=O) groups excluding carboxylic acids is 1. The Balaban J connectivity index is 2.40. The third kappa shape index (κ3) is 3.68. The molecule has 0 radical (unpaired) electrons. The number of Topliss-reactive ketones (excluding diaryl/α,β-unsaturated/α-hetero) is 1. The zero-order valence-electron chi connectivity index (χ0n) is 8.19. The van der Waals surface area contributed by atoms with Crippen LogP contribution in [-0.4, -0.2) is 17.5 Å². The third-order valence-electron chi connectivity index (χ3n) is 1.78. The quantitative estimate of drug-likeness (QED) is 0.768. The lowest BCUT2D eigenvalue weighted by atomic mass is 10.1. The molecule has 76 valence electrons. The summed E-state index contributed by atoms with van der Waals surface area (Å²) in [5.74, 6) is 0.0250. The molecule has 1 aromatic carbocycles. The summed E-state index contributed by atoms with van der Waals surface area (Å²) in [4.78, 5) is 10.6. The molecule has 0 aliphatic carbocycles. The van der Waals surface area contributed by atoms with Gasteiger partial charge in [-0.1, -0.05) is 24.3 Å². The first-order valence-corrected chi connectivity index (χ1v) is 4.48. The predicted molar refractivity (Wildman–Crippen MR) is 52.7 cm³/mol. The topological polar surface area (TPSA) is 46.5 Å². The first-order chi connectivity index (χ1) is 6.72. The summed E-state index contributed by atoms with van der Waals surface area (Å²) in [6.07, 6.45) is 0. The minimum atomic E-state index is 0.0250. The van der Waals surface area contributed by atoms with Crippen molar-refractivity contribution in [3.05, 3.63) is 35.4 Å². The summed E-state index contributed by atoms with van der Waals surface area (Å²) in [5, 5.41) is 8.80. The molecule has 1 N–H and O–H groups in total. The maximum absolute atomic E-state index is 10.6. The fraction of sp³-hybridized carbons (Fsp3) is 0.364. The van der Waals surface area contributed by atoms with Crippen LogP contribution in [0.15, 0.2) is 24.3 Å².